The minimum absolute atomic E-state index is 0.209. The summed E-state index contributed by atoms with van der Waals surface area (Å²) in [6.45, 7) is 11.1. The lowest BCUT2D eigenvalue weighted by atomic mass is 10.1. The number of halogens is 3. The van der Waals surface area contributed by atoms with Gasteiger partial charge in [0.1, 0.15) is 0 Å². The van der Waals surface area contributed by atoms with E-state index in [1.54, 1.807) is 30.3 Å². The molecule has 0 spiro atoms. The Hall–Kier alpha value is -3.48. The van der Waals surface area contributed by atoms with E-state index < -0.39 is 11.7 Å². The maximum atomic E-state index is 12.7. The number of phenols is 1. The first-order chi connectivity index (χ1) is 17.7. The molecule has 0 heterocycles. The SMILES string of the molecule is CC.CCCCN(C(=O)c1ccccc1)c1ccc(C(F)(F)F)cc1.CCCOc1c(C)cccc1O. The number of nitrogens with zero attached hydrogens (tertiary/aromatic N) is 1. The minimum Gasteiger partial charge on any atom is -0.504 e. The smallest absolute Gasteiger partial charge is 0.416 e. The normalized spacial score (nSPS) is 10.4. The van der Waals surface area contributed by atoms with Crippen molar-refractivity contribution in [3.05, 3.63) is 89.5 Å². The topological polar surface area (TPSA) is 49.8 Å². The van der Waals surface area contributed by atoms with Gasteiger partial charge in [0.15, 0.2) is 11.5 Å². The van der Waals surface area contributed by atoms with Gasteiger partial charge in [0, 0.05) is 17.8 Å². The molecular formula is C30H38F3NO3. The van der Waals surface area contributed by atoms with Crippen molar-refractivity contribution in [2.45, 2.75) is 60.1 Å². The maximum absolute atomic E-state index is 12.7. The van der Waals surface area contributed by atoms with Crippen molar-refractivity contribution in [2.24, 2.45) is 0 Å². The fraction of sp³-hybridized carbons (Fsp3) is 0.367. The molecule has 0 unspecified atom stereocenters. The lowest BCUT2D eigenvalue weighted by Gasteiger charge is -2.23. The van der Waals surface area contributed by atoms with Gasteiger partial charge < -0.3 is 14.7 Å². The number of benzene rings is 3. The van der Waals surface area contributed by atoms with E-state index in [-0.39, 0.29) is 11.7 Å². The molecule has 4 nitrogen and oxygen atoms in total. The Morgan fingerprint density at radius 3 is 2.03 bits per heavy atom. The van der Waals surface area contributed by atoms with Crippen molar-refractivity contribution in [3.63, 3.8) is 0 Å². The molecule has 7 heteroatoms. The highest BCUT2D eigenvalue weighted by molar-refractivity contribution is 6.06. The average molecular weight is 518 g/mol. The van der Waals surface area contributed by atoms with E-state index in [0.29, 0.717) is 30.2 Å². The van der Waals surface area contributed by atoms with Crippen molar-refractivity contribution >= 4 is 11.6 Å². The molecule has 1 N–H and O–H groups in total. The van der Waals surface area contributed by atoms with E-state index >= 15 is 0 Å². The van der Waals surface area contributed by atoms with E-state index in [9.17, 15) is 23.1 Å². The zero-order valence-corrected chi connectivity index (χ0v) is 22.3. The van der Waals surface area contributed by atoms with Crippen molar-refractivity contribution < 1.29 is 27.8 Å². The number of ether oxygens (including phenoxy) is 1. The molecule has 0 atom stereocenters. The first-order valence-corrected chi connectivity index (χ1v) is 12.6. The third kappa shape index (κ3) is 10.2. The second kappa shape index (κ2) is 16.3. The third-order valence-electron chi connectivity index (χ3n) is 5.15. The number of carbonyl (C=O) groups excluding carboxylic acids is 1. The van der Waals surface area contributed by atoms with Crippen LogP contribution in [0, 0.1) is 6.92 Å². The molecule has 0 fully saturated rings. The fourth-order valence-corrected chi connectivity index (χ4v) is 3.26. The lowest BCUT2D eigenvalue weighted by molar-refractivity contribution is -0.137. The molecule has 0 bridgehead atoms. The van der Waals surface area contributed by atoms with Gasteiger partial charge in [-0.2, -0.15) is 13.2 Å². The quantitative estimate of drug-likeness (QED) is 0.325. The number of aryl methyl sites for hydroxylation is 1. The van der Waals surface area contributed by atoms with Gasteiger partial charge in [-0.15, -0.1) is 0 Å². The van der Waals surface area contributed by atoms with Gasteiger partial charge >= 0.3 is 6.18 Å². The summed E-state index contributed by atoms with van der Waals surface area (Å²) < 4.78 is 43.4. The summed E-state index contributed by atoms with van der Waals surface area (Å²) >= 11 is 0. The number of unbranched alkanes of at least 4 members (excludes halogenated alkanes) is 1. The van der Waals surface area contributed by atoms with E-state index in [1.165, 1.54) is 17.0 Å². The van der Waals surface area contributed by atoms with Gasteiger partial charge in [-0.1, -0.05) is 64.4 Å². The zero-order chi connectivity index (χ0) is 27.8. The van der Waals surface area contributed by atoms with E-state index in [2.05, 4.69) is 0 Å². The lowest BCUT2D eigenvalue weighted by Crippen LogP contribution is -2.31. The fourth-order valence-electron chi connectivity index (χ4n) is 3.26. The number of anilines is 1. The van der Waals surface area contributed by atoms with Crippen LogP contribution in [0.15, 0.2) is 72.8 Å². The summed E-state index contributed by atoms with van der Waals surface area (Å²) in [6, 6.07) is 18.8. The molecule has 0 radical (unpaired) electrons. The van der Waals surface area contributed by atoms with Crippen molar-refractivity contribution in [3.8, 4) is 11.5 Å². The largest absolute Gasteiger partial charge is 0.504 e. The monoisotopic (exact) mass is 517 g/mol. The second-order valence-corrected chi connectivity index (χ2v) is 7.99. The molecule has 1 amide bonds. The van der Waals surface area contributed by atoms with Gasteiger partial charge in [0.05, 0.1) is 12.2 Å². The molecule has 37 heavy (non-hydrogen) atoms. The Morgan fingerprint density at radius 1 is 0.892 bits per heavy atom. The summed E-state index contributed by atoms with van der Waals surface area (Å²) in [4.78, 5) is 14.2. The summed E-state index contributed by atoms with van der Waals surface area (Å²) in [5, 5.41) is 9.39. The van der Waals surface area contributed by atoms with E-state index in [0.717, 1.165) is 37.0 Å². The molecule has 0 aliphatic rings. The molecule has 0 aliphatic carbocycles. The summed E-state index contributed by atoms with van der Waals surface area (Å²) in [7, 11) is 0. The summed E-state index contributed by atoms with van der Waals surface area (Å²) in [5.41, 5.74) is 1.25. The Bertz CT molecular complexity index is 1030. The second-order valence-electron chi connectivity index (χ2n) is 7.99. The summed E-state index contributed by atoms with van der Waals surface area (Å²) in [6.07, 6.45) is -1.76. The van der Waals surface area contributed by atoms with Crippen molar-refractivity contribution in [1.29, 1.82) is 0 Å². The highest BCUT2D eigenvalue weighted by Gasteiger charge is 2.30. The molecular weight excluding hydrogens is 479 g/mol. The highest BCUT2D eigenvalue weighted by atomic mass is 19.4. The first-order valence-electron chi connectivity index (χ1n) is 12.6. The van der Waals surface area contributed by atoms with Gasteiger partial charge in [-0.05, 0) is 67.8 Å². The van der Waals surface area contributed by atoms with Crippen LogP contribution in [0.3, 0.4) is 0 Å². The molecule has 3 aromatic rings. The van der Waals surface area contributed by atoms with Crippen LogP contribution in [0.1, 0.15) is 68.4 Å². The number of rotatable bonds is 8. The number of alkyl halides is 3. The van der Waals surface area contributed by atoms with Crippen LogP contribution in [-0.2, 0) is 6.18 Å². The van der Waals surface area contributed by atoms with Crippen LogP contribution in [0.25, 0.3) is 0 Å². The Balaban J connectivity index is 0.000000411. The Kier molecular flexibility index (Phi) is 13.9. The molecule has 0 aliphatic heterocycles. The highest BCUT2D eigenvalue weighted by Crippen LogP contribution is 2.31. The number of aromatic hydroxyl groups is 1. The average Bonchev–Trinajstić information content (AvgIpc) is 2.90. The predicted octanol–water partition coefficient (Wildman–Crippen LogP) is 8.67. The van der Waals surface area contributed by atoms with Crippen LogP contribution >= 0.6 is 0 Å². The number of amides is 1. The molecule has 3 rings (SSSR count). The molecule has 0 aromatic heterocycles. The zero-order valence-electron chi connectivity index (χ0n) is 22.3. The molecule has 202 valence electrons. The number of phenolic OH excluding ortho intramolecular Hbond substituents is 1. The van der Waals surface area contributed by atoms with Crippen molar-refractivity contribution in [1.82, 2.24) is 0 Å². The van der Waals surface area contributed by atoms with Crippen LogP contribution in [0.5, 0.6) is 11.5 Å². The van der Waals surface area contributed by atoms with Crippen LogP contribution in [-0.4, -0.2) is 24.2 Å². The van der Waals surface area contributed by atoms with E-state index in [1.807, 2.05) is 52.8 Å². The van der Waals surface area contributed by atoms with Gasteiger partial charge in [-0.25, -0.2) is 0 Å². The van der Waals surface area contributed by atoms with Crippen molar-refractivity contribution in [2.75, 3.05) is 18.1 Å². The minimum atomic E-state index is -4.38. The Labute approximate surface area is 218 Å². The van der Waals surface area contributed by atoms with Gasteiger partial charge in [0.25, 0.3) is 5.91 Å². The molecule has 0 saturated carbocycles. The van der Waals surface area contributed by atoms with Crippen LogP contribution < -0.4 is 9.64 Å². The number of carbonyl (C=O) groups is 1. The van der Waals surface area contributed by atoms with Gasteiger partial charge in [-0.3, -0.25) is 4.79 Å². The number of para-hydroxylation sites is 1. The van der Waals surface area contributed by atoms with Crippen LogP contribution in [0.2, 0.25) is 0 Å². The number of hydrogen-bond acceptors (Lipinski definition) is 3. The van der Waals surface area contributed by atoms with Crippen LogP contribution in [0.4, 0.5) is 18.9 Å². The predicted molar refractivity (Wildman–Crippen MR) is 144 cm³/mol. The number of hydrogen-bond donors (Lipinski definition) is 1. The summed E-state index contributed by atoms with van der Waals surface area (Å²) in [5.74, 6) is 0.626. The first kappa shape index (κ1) is 31.5. The third-order valence-corrected chi connectivity index (χ3v) is 5.15. The van der Waals surface area contributed by atoms with E-state index in [4.69, 9.17) is 4.74 Å². The van der Waals surface area contributed by atoms with Gasteiger partial charge in [0.2, 0.25) is 0 Å². The molecule has 3 aromatic carbocycles. The Morgan fingerprint density at radius 2 is 1.51 bits per heavy atom. The molecule has 0 saturated heterocycles. The standard InChI is InChI=1S/C18H18F3NO.C10H14O2.C2H6/c1-2-3-13-22(17(23)14-7-5-4-6-8-14)16-11-9-15(10-12-16)18(19,20)21;1-3-7-12-10-8(2)5-4-6-9(10)11;1-2/h4-12H,2-3,13H2,1H3;4-6,11H,3,7H2,1-2H3;1-2H3. The maximum Gasteiger partial charge on any atom is 0.416 e.